The smallest absolute Gasteiger partial charge is 0.0410 e. The van der Waals surface area contributed by atoms with Gasteiger partial charge in [0.15, 0.2) is 0 Å². The normalized spacial score (nSPS) is 26.0. The molecule has 1 saturated heterocycles. The maximum absolute atomic E-state index is 4.32. The summed E-state index contributed by atoms with van der Waals surface area (Å²) in [6.45, 7) is 7.96. The Balaban J connectivity index is 1.77. The number of aromatic nitrogens is 1. The van der Waals surface area contributed by atoms with E-state index < -0.39 is 0 Å². The Morgan fingerprint density at radius 3 is 2.71 bits per heavy atom. The Morgan fingerprint density at radius 2 is 2.10 bits per heavy atom. The highest BCUT2D eigenvalue weighted by atomic mass is 79.9. The van der Waals surface area contributed by atoms with Crippen LogP contribution >= 0.6 is 15.9 Å². The standard InChI is InChI=1S/C17H26BrN3/c1-3-17(4-2)12-21(16(10-20-17)14-5-6-14)11-13-7-15(18)9-19-8-13/h7-9,14,16,20H,3-6,10-12H2,1-2H3. The van der Waals surface area contributed by atoms with Gasteiger partial charge in [-0.1, -0.05) is 13.8 Å². The van der Waals surface area contributed by atoms with Crippen molar-refractivity contribution in [3.05, 3.63) is 28.5 Å². The number of pyridine rings is 1. The highest BCUT2D eigenvalue weighted by Crippen LogP contribution is 2.38. The van der Waals surface area contributed by atoms with Crippen LogP contribution in [0.25, 0.3) is 0 Å². The van der Waals surface area contributed by atoms with E-state index in [0.717, 1.165) is 30.0 Å². The lowest BCUT2D eigenvalue weighted by Gasteiger charge is -2.48. The van der Waals surface area contributed by atoms with Crippen LogP contribution in [0, 0.1) is 5.92 Å². The molecule has 2 fully saturated rings. The molecule has 116 valence electrons. The first-order valence-corrected chi connectivity index (χ1v) is 9.03. The van der Waals surface area contributed by atoms with Gasteiger partial charge in [-0.05, 0) is 59.2 Å². The first-order valence-electron chi connectivity index (χ1n) is 8.24. The number of nitrogens with one attached hydrogen (secondary N) is 1. The first-order chi connectivity index (χ1) is 10.2. The summed E-state index contributed by atoms with van der Waals surface area (Å²) in [7, 11) is 0. The maximum Gasteiger partial charge on any atom is 0.0410 e. The summed E-state index contributed by atoms with van der Waals surface area (Å²) in [5.41, 5.74) is 1.61. The minimum absolute atomic E-state index is 0.296. The lowest BCUT2D eigenvalue weighted by molar-refractivity contribution is 0.0556. The molecule has 1 aromatic rings. The van der Waals surface area contributed by atoms with Gasteiger partial charge in [0.05, 0.1) is 0 Å². The summed E-state index contributed by atoms with van der Waals surface area (Å²) in [6, 6.07) is 2.91. The Morgan fingerprint density at radius 1 is 1.33 bits per heavy atom. The third-order valence-corrected chi connectivity index (χ3v) is 5.76. The van der Waals surface area contributed by atoms with Crippen molar-refractivity contribution in [3.8, 4) is 0 Å². The zero-order chi connectivity index (χ0) is 14.9. The van der Waals surface area contributed by atoms with E-state index in [1.54, 1.807) is 0 Å². The molecule has 2 aliphatic rings. The monoisotopic (exact) mass is 351 g/mol. The van der Waals surface area contributed by atoms with Crippen LogP contribution in [0.15, 0.2) is 22.9 Å². The van der Waals surface area contributed by atoms with Crippen molar-refractivity contribution < 1.29 is 0 Å². The third-order valence-electron chi connectivity index (χ3n) is 5.33. The minimum atomic E-state index is 0.296. The van der Waals surface area contributed by atoms with Gasteiger partial charge in [0.2, 0.25) is 0 Å². The molecule has 0 radical (unpaired) electrons. The number of hydrogen-bond acceptors (Lipinski definition) is 3. The van der Waals surface area contributed by atoms with Crippen molar-refractivity contribution in [2.75, 3.05) is 13.1 Å². The molecule has 1 atom stereocenters. The summed E-state index contributed by atoms with van der Waals surface area (Å²) in [5.74, 6) is 0.907. The van der Waals surface area contributed by atoms with E-state index in [1.807, 2.05) is 12.4 Å². The number of piperazine rings is 1. The molecule has 0 amide bonds. The summed E-state index contributed by atoms with van der Waals surface area (Å²) < 4.78 is 1.08. The number of rotatable bonds is 5. The fraction of sp³-hybridized carbons (Fsp3) is 0.706. The number of nitrogens with zero attached hydrogens (tertiary/aromatic N) is 2. The van der Waals surface area contributed by atoms with Gasteiger partial charge in [-0.25, -0.2) is 0 Å². The van der Waals surface area contributed by atoms with Gasteiger partial charge in [0, 0.05) is 48.1 Å². The molecule has 4 heteroatoms. The highest BCUT2D eigenvalue weighted by Gasteiger charge is 2.42. The fourth-order valence-electron chi connectivity index (χ4n) is 3.63. The van der Waals surface area contributed by atoms with Crippen molar-refractivity contribution in [1.82, 2.24) is 15.2 Å². The van der Waals surface area contributed by atoms with E-state index in [4.69, 9.17) is 0 Å². The van der Waals surface area contributed by atoms with Crippen molar-refractivity contribution >= 4 is 15.9 Å². The minimum Gasteiger partial charge on any atom is -0.308 e. The van der Waals surface area contributed by atoms with Crippen LogP contribution in [0.4, 0.5) is 0 Å². The van der Waals surface area contributed by atoms with Crippen LogP contribution in [0.3, 0.4) is 0 Å². The zero-order valence-corrected chi connectivity index (χ0v) is 14.7. The highest BCUT2D eigenvalue weighted by molar-refractivity contribution is 9.10. The predicted octanol–water partition coefficient (Wildman–Crippen LogP) is 3.59. The molecule has 1 saturated carbocycles. The number of hydrogen-bond donors (Lipinski definition) is 1. The average Bonchev–Trinajstić information content (AvgIpc) is 3.32. The number of halogens is 1. The molecule has 0 spiro atoms. The SMILES string of the molecule is CCC1(CC)CN(Cc2cncc(Br)c2)C(C2CC2)CN1. The lowest BCUT2D eigenvalue weighted by Crippen LogP contribution is -2.64. The Kier molecular flexibility index (Phi) is 4.67. The Bertz CT molecular complexity index is 483. The largest absolute Gasteiger partial charge is 0.308 e. The zero-order valence-electron chi connectivity index (χ0n) is 13.1. The van der Waals surface area contributed by atoms with Gasteiger partial charge in [-0.15, -0.1) is 0 Å². The van der Waals surface area contributed by atoms with E-state index in [2.05, 4.69) is 51.0 Å². The molecule has 2 heterocycles. The molecule has 3 nitrogen and oxygen atoms in total. The molecule has 1 aliphatic heterocycles. The van der Waals surface area contributed by atoms with Gasteiger partial charge in [-0.3, -0.25) is 9.88 Å². The van der Waals surface area contributed by atoms with Crippen LogP contribution in [0.2, 0.25) is 0 Å². The van der Waals surface area contributed by atoms with Crippen molar-refractivity contribution in [2.24, 2.45) is 5.92 Å². The third kappa shape index (κ3) is 3.49. The molecule has 0 aromatic carbocycles. The molecule has 3 rings (SSSR count). The Hall–Kier alpha value is -0.450. The van der Waals surface area contributed by atoms with E-state index >= 15 is 0 Å². The lowest BCUT2D eigenvalue weighted by atomic mass is 9.87. The van der Waals surface area contributed by atoms with E-state index in [-0.39, 0.29) is 0 Å². The first kappa shape index (κ1) is 15.4. The predicted molar refractivity (Wildman–Crippen MR) is 90.2 cm³/mol. The molecular formula is C17H26BrN3. The second kappa shape index (κ2) is 6.35. The van der Waals surface area contributed by atoms with Gasteiger partial charge in [-0.2, -0.15) is 0 Å². The van der Waals surface area contributed by atoms with Crippen LogP contribution < -0.4 is 5.32 Å². The van der Waals surface area contributed by atoms with Crippen LogP contribution in [-0.4, -0.2) is 34.6 Å². The fourth-order valence-corrected chi connectivity index (χ4v) is 4.04. The van der Waals surface area contributed by atoms with E-state index in [1.165, 1.54) is 31.2 Å². The topological polar surface area (TPSA) is 28.2 Å². The van der Waals surface area contributed by atoms with Crippen molar-refractivity contribution in [3.63, 3.8) is 0 Å². The molecular weight excluding hydrogens is 326 g/mol. The molecule has 1 unspecified atom stereocenters. The van der Waals surface area contributed by atoms with E-state index in [0.29, 0.717) is 11.6 Å². The summed E-state index contributed by atoms with van der Waals surface area (Å²) in [5, 5.41) is 3.86. The molecule has 1 aromatic heterocycles. The van der Waals surface area contributed by atoms with Gasteiger partial charge in [0.1, 0.15) is 0 Å². The van der Waals surface area contributed by atoms with Crippen LogP contribution in [-0.2, 0) is 6.54 Å². The van der Waals surface area contributed by atoms with Crippen LogP contribution in [0.5, 0.6) is 0 Å². The second-order valence-electron chi connectivity index (χ2n) is 6.69. The van der Waals surface area contributed by atoms with E-state index in [9.17, 15) is 0 Å². The average molecular weight is 352 g/mol. The van der Waals surface area contributed by atoms with Gasteiger partial charge >= 0.3 is 0 Å². The second-order valence-corrected chi connectivity index (χ2v) is 7.61. The summed E-state index contributed by atoms with van der Waals surface area (Å²) >= 11 is 3.54. The van der Waals surface area contributed by atoms with Gasteiger partial charge < -0.3 is 5.32 Å². The quantitative estimate of drug-likeness (QED) is 0.878. The van der Waals surface area contributed by atoms with Gasteiger partial charge in [0.25, 0.3) is 0 Å². The molecule has 0 bridgehead atoms. The van der Waals surface area contributed by atoms with Crippen molar-refractivity contribution in [1.29, 1.82) is 0 Å². The molecule has 1 aliphatic carbocycles. The maximum atomic E-state index is 4.32. The van der Waals surface area contributed by atoms with Crippen molar-refractivity contribution in [2.45, 2.75) is 57.7 Å². The van der Waals surface area contributed by atoms with Crippen LogP contribution in [0.1, 0.15) is 45.1 Å². The summed E-state index contributed by atoms with van der Waals surface area (Å²) in [4.78, 5) is 7.04. The molecule has 21 heavy (non-hydrogen) atoms. The summed E-state index contributed by atoms with van der Waals surface area (Å²) in [6.07, 6.45) is 9.09. The molecule has 1 N–H and O–H groups in total. The Labute approximate surface area is 136 Å².